The van der Waals surface area contributed by atoms with Crippen LogP contribution in [0, 0.1) is 0 Å². The topological polar surface area (TPSA) is 57.7 Å². The van der Waals surface area contributed by atoms with E-state index in [4.69, 9.17) is 0 Å². The highest BCUT2D eigenvalue weighted by molar-refractivity contribution is 8.02. The second-order valence-corrected chi connectivity index (χ2v) is 10.4. The van der Waals surface area contributed by atoms with E-state index in [1.807, 2.05) is 13.1 Å². The number of hydrogen-bond acceptors (Lipinski definition) is 5. The van der Waals surface area contributed by atoms with Crippen LogP contribution in [0.4, 0.5) is 5.69 Å². The van der Waals surface area contributed by atoms with Gasteiger partial charge in [-0.2, -0.15) is 0 Å². The number of rotatable bonds is 6. The van der Waals surface area contributed by atoms with Crippen LogP contribution in [0.2, 0.25) is 0 Å². The van der Waals surface area contributed by atoms with Crippen molar-refractivity contribution in [2.45, 2.75) is 31.1 Å². The van der Waals surface area contributed by atoms with Crippen molar-refractivity contribution in [3.05, 3.63) is 29.8 Å². The molecule has 25 heavy (non-hydrogen) atoms. The van der Waals surface area contributed by atoms with Crippen molar-refractivity contribution in [3.63, 3.8) is 0 Å². The highest BCUT2D eigenvalue weighted by Crippen LogP contribution is 2.27. The van der Waals surface area contributed by atoms with Crippen LogP contribution in [0.15, 0.2) is 24.3 Å². The number of benzene rings is 1. The lowest BCUT2D eigenvalue weighted by Gasteiger charge is -2.24. The summed E-state index contributed by atoms with van der Waals surface area (Å²) in [7, 11) is -1.05. The molecule has 3 rings (SSSR count). The van der Waals surface area contributed by atoms with E-state index in [1.54, 1.807) is 4.90 Å². The number of anilines is 1. The van der Waals surface area contributed by atoms with Crippen LogP contribution in [-0.2, 0) is 21.2 Å². The van der Waals surface area contributed by atoms with Crippen molar-refractivity contribution in [1.29, 1.82) is 0 Å². The molecule has 0 spiro atoms. The molecule has 7 heteroatoms. The lowest BCUT2D eigenvalue weighted by Crippen LogP contribution is -2.30. The van der Waals surface area contributed by atoms with E-state index >= 15 is 0 Å². The Balaban J connectivity index is 1.55. The summed E-state index contributed by atoms with van der Waals surface area (Å²) in [6.45, 7) is 2.76. The third-order valence-electron chi connectivity index (χ3n) is 4.90. The maximum atomic E-state index is 12.4. The molecule has 0 aromatic heterocycles. The van der Waals surface area contributed by atoms with Gasteiger partial charge in [0.15, 0.2) is 9.84 Å². The number of para-hydroxylation sites is 1. The van der Waals surface area contributed by atoms with Crippen LogP contribution >= 0.6 is 11.8 Å². The Morgan fingerprint density at radius 2 is 2.00 bits per heavy atom. The number of amides is 1. The fourth-order valence-corrected chi connectivity index (χ4v) is 7.03. The maximum absolute atomic E-state index is 12.4. The Hall–Kier alpha value is -1.21. The van der Waals surface area contributed by atoms with Crippen molar-refractivity contribution in [2.75, 3.05) is 42.3 Å². The fraction of sp³-hybridized carbons (Fsp3) is 0.611. The van der Waals surface area contributed by atoms with Crippen molar-refractivity contribution in [3.8, 4) is 0 Å². The van der Waals surface area contributed by atoms with Gasteiger partial charge in [0.2, 0.25) is 5.91 Å². The van der Waals surface area contributed by atoms with Crippen molar-refractivity contribution in [1.82, 2.24) is 4.90 Å². The predicted octanol–water partition coefficient (Wildman–Crippen LogP) is 2.17. The van der Waals surface area contributed by atoms with Gasteiger partial charge in [-0.1, -0.05) is 18.2 Å². The minimum Gasteiger partial charge on any atom is -0.371 e. The summed E-state index contributed by atoms with van der Waals surface area (Å²) in [6.07, 6.45) is 3.12. The number of sulfone groups is 1. The van der Waals surface area contributed by atoms with Crippen LogP contribution < -0.4 is 4.90 Å². The summed E-state index contributed by atoms with van der Waals surface area (Å²) in [6, 6.07) is 8.30. The number of nitrogens with zero attached hydrogens (tertiary/aromatic N) is 2. The molecule has 0 aliphatic carbocycles. The zero-order valence-electron chi connectivity index (χ0n) is 14.7. The fourth-order valence-electron chi connectivity index (χ4n) is 3.45. The molecule has 2 fully saturated rings. The standard InChI is InChI=1S/C18H26N2O3S2/c1-19(18(21)13-24-16-8-11-25(22,23)14-16)12-15-6-2-3-7-17(15)20-9-4-5-10-20/h2-3,6-7,16H,4-5,8-14H2,1H3. The van der Waals surface area contributed by atoms with Gasteiger partial charge in [-0.25, -0.2) is 8.42 Å². The molecule has 2 saturated heterocycles. The van der Waals surface area contributed by atoms with Crippen LogP contribution in [-0.4, -0.2) is 61.9 Å². The maximum Gasteiger partial charge on any atom is 0.232 e. The first-order valence-electron chi connectivity index (χ1n) is 8.83. The lowest BCUT2D eigenvalue weighted by atomic mass is 10.1. The van der Waals surface area contributed by atoms with Crippen LogP contribution in [0.5, 0.6) is 0 Å². The molecule has 138 valence electrons. The summed E-state index contributed by atoms with van der Waals surface area (Å²) < 4.78 is 23.0. The Morgan fingerprint density at radius 3 is 2.68 bits per heavy atom. The molecule has 1 aromatic carbocycles. The molecule has 1 atom stereocenters. The Labute approximate surface area is 154 Å². The minimum atomic E-state index is -2.88. The van der Waals surface area contributed by atoms with Crippen molar-refractivity contribution >= 4 is 33.2 Å². The molecule has 0 N–H and O–H groups in total. The van der Waals surface area contributed by atoms with Crippen LogP contribution in [0.3, 0.4) is 0 Å². The Kier molecular flexibility index (Phi) is 5.94. The van der Waals surface area contributed by atoms with E-state index in [2.05, 4.69) is 23.1 Å². The van der Waals surface area contributed by atoms with Gasteiger partial charge in [-0.05, 0) is 30.9 Å². The van der Waals surface area contributed by atoms with Gasteiger partial charge in [0.05, 0.1) is 17.3 Å². The summed E-state index contributed by atoms with van der Waals surface area (Å²) in [4.78, 5) is 16.6. The van der Waals surface area contributed by atoms with E-state index in [-0.39, 0.29) is 22.7 Å². The average Bonchev–Trinajstić information content (AvgIpc) is 3.22. The third kappa shape index (κ3) is 4.91. The largest absolute Gasteiger partial charge is 0.371 e. The van der Waals surface area contributed by atoms with E-state index in [9.17, 15) is 13.2 Å². The quantitative estimate of drug-likeness (QED) is 0.755. The van der Waals surface area contributed by atoms with Crippen molar-refractivity contribution in [2.24, 2.45) is 0 Å². The van der Waals surface area contributed by atoms with E-state index in [0.717, 1.165) is 13.1 Å². The molecule has 0 bridgehead atoms. The molecule has 5 nitrogen and oxygen atoms in total. The summed E-state index contributed by atoms with van der Waals surface area (Å²) in [5, 5.41) is 0.0687. The highest BCUT2D eigenvalue weighted by atomic mass is 32.2. The first-order valence-corrected chi connectivity index (χ1v) is 11.7. The molecule has 1 unspecified atom stereocenters. The lowest BCUT2D eigenvalue weighted by molar-refractivity contribution is -0.127. The number of carbonyl (C=O) groups is 1. The molecular weight excluding hydrogens is 356 g/mol. The molecule has 1 amide bonds. The SMILES string of the molecule is CN(Cc1ccccc1N1CCCC1)C(=O)CSC1CCS(=O)(=O)C1. The Morgan fingerprint density at radius 1 is 1.28 bits per heavy atom. The van der Waals surface area contributed by atoms with Gasteiger partial charge < -0.3 is 9.80 Å². The van der Waals surface area contributed by atoms with Gasteiger partial charge in [0.1, 0.15) is 0 Å². The number of hydrogen-bond donors (Lipinski definition) is 0. The van der Waals surface area contributed by atoms with Crippen LogP contribution in [0.1, 0.15) is 24.8 Å². The highest BCUT2D eigenvalue weighted by Gasteiger charge is 2.29. The molecular formula is C18H26N2O3S2. The van der Waals surface area contributed by atoms with E-state index in [1.165, 1.54) is 35.9 Å². The van der Waals surface area contributed by atoms with Crippen LogP contribution in [0.25, 0.3) is 0 Å². The molecule has 0 radical (unpaired) electrons. The summed E-state index contributed by atoms with van der Waals surface area (Å²) in [5.74, 6) is 0.887. The zero-order chi connectivity index (χ0) is 17.9. The summed E-state index contributed by atoms with van der Waals surface area (Å²) in [5.41, 5.74) is 2.41. The van der Waals surface area contributed by atoms with Gasteiger partial charge in [-0.15, -0.1) is 11.8 Å². The molecule has 2 aliphatic heterocycles. The minimum absolute atomic E-state index is 0.0607. The molecule has 2 aliphatic rings. The Bertz CT molecular complexity index is 715. The predicted molar refractivity (Wildman–Crippen MR) is 104 cm³/mol. The zero-order valence-corrected chi connectivity index (χ0v) is 16.3. The molecule has 1 aromatic rings. The van der Waals surface area contributed by atoms with Gasteiger partial charge in [0.25, 0.3) is 0 Å². The first kappa shape index (κ1) is 18.6. The monoisotopic (exact) mass is 382 g/mol. The van der Waals surface area contributed by atoms with Crippen molar-refractivity contribution < 1.29 is 13.2 Å². The number of thioether (sulfide) groups is 1. The first-order chi connectivity index (χ1) is 11.9. The van der Waals surface area contributed by atoms with Gasteiger partial charge in [0, 0.05) is 37.6 Å². The third-order valence-corrected chi connectivity index (χ3v) is 8.17. The summed E-state index contributed by atoms with van der Waals surface area (Å²) >= 11 is 1.48. The van der Waals surface area contributed by atoms with Gasteiger partial charge >= 0.3 is 0 Å². The second kappa shape index (κ2) is 7.99. The molecule has 2 heterocycles. The van der Waals surface area contributed by atoms with Gasteiger partial charge in [-0.3, -0.25) is 4.79 Å². The van der Waals surface area contributed by atoms with E-state index in [0.29, 0.717) is 18.7 Å². The smallest absolute Gasteiger partial charge is 0.232 e. The average molecular weight is 383 g/mol. The normalized spacial score (nSPS) is 22.3. The number of carbonyl (C=O) groups excluding carboxylic acids is 1. The second-order valence-electron chi connectivity index (χ2n) is 6.91. The molecule has 0 saturated carbocycles. The van der Waals surface area contributed by atoms with E-state index < -0.39 is 9.84 Å².